The molecule has 0 unspecified atom stereocenters. The molecule has 0 bridgehead atoms. The Morgan fingerprint density at radius 2 is 2.20 bits per heavy atom. The van der Waals surface area contributed by atoms with Crippen LogP contribution < -0.4 is 0 Å². The molecular weight excluding hydrogens is 233 g/mol. The Labute approximate surface area is 99.4 Å². The molecule has 1 atom stereocenters. The Hall–Kier alpha value is -0.280. The van der Waals surface area contributed by atoms with Gasteiger partial charge in [0.25, 0.3) is 0 Å². The van der Waals surface area contributed by atoms with Crippen LogP contribution >= 0.6 is 23.2 Å². The molecule has 0 aliphatic carbocycles. The zero-order valence-electron chi connectivity index (χ0n) is 8.29. The number of hydrogen-bond donors (Lipinski definition) is 1. The number of β-amino-alcohol motifs (C(OH)–C–C–N with tert-alkyl or cyclic N) is 1. The topological polar surface area (TPSA) is 23.5 Å². The van der Waals surface area contributed by atoms with E-state index in [-0.39, 0.29) is 6.10 Å². The summed E-state index contributed by atoms with van der Waals surface area (Å²) in [6.45, 7) is 2.41. The van der Waals surface area contributed by atoms with Crippen LogP contribution in [0.4, 0.5) is 0 Å². The second-order valence-electron chi connectivity index (χ2n) is 3.89. The lowest BCUT2D eigenvalue weighted by atomic mass is 10.2. The summed E-state index contributed by atoms with van der Waals surface area (Å²) >= 11 is 12.0. The molecule has 82 valence electrons. The summed E-state index contributed by atoms with van der Waals surface area (Å²) in [4.78, 5) is 2.18. The Kier molecular flexibility index (Phi) is 3.52. The molecule has 2 rings (SSSR count). The molecule has 1 heterocycles. The number of halogens is 2. The summed E-state index contributed by atoms with van der Waals surface area (Å²) in [5, 5.41) is 10.6. The van der Waals surface area contributed by atoms with Crippen molar-refractivity contribution in [3.05, 3.63) is 33.8 Å². The first-order chi connectivity index (χ1) is 7.16. The van der Waals surface area contributed by atoms with Crippen molar-refractivity contribution in [2.45, 2.75) is 19.1 Å². The van der Waals surface area contributed by atoms with Gasteiger partial charge < -0.3 is 5.11 Å². The van der Waals surface area contributed by atoms with E-state index in [1.54, 1.807) is 6.07 Å². The van der Waals surface area contributed by atoms with E-state index in [1.807, 2.05) is 12.1 Å². The van der Waals surface area contributed by atoms with Gasteiger partial charge in [0.15, 0.2) is 0 Å². The number of likely N-dealkylation sites (tertiary alicyclic amines) is 1. The third-order valence-electron chi connectivity index (χ3n) is 2.67. The molecule has 0 spiro atoms. The van der Waals surface area contributed by atoms with Crippen LogP contribution in [-0.2, 0) is 6.54 Å². The first kappa shape index (κ1) is 11.2. The molecule has 1 aliphatic rings. The number of aliphatic hydroxyl groups excluding tert-OH is 1. The molecule has 1 fully saturated rings. The van der Waals surface area contributed by atoms with Gasteiger partial charge in [-0.2, -0.15) is 0 Å². The lowest BCUT2D eigenvalue weighted by Crippen LogP contribution is -2.21. The van der Waals surface area contributed by atoms with Crippen LogP contribution in [0, 0.1) is 0 Å². The minimum Gasteiger partial charge on any atom is -0.392 e. The largest absolute Gasteiger partial charge is 0.392 e. The molecule has 15 heavy (non-hydrogen) atoms. The SMILES string of the molecule is O[C@@H]1CCN(Cc2cccc(Cl)c2Cl)C1. The molecule has 0 radical (unpaired) electrons. The van der Waals surface area contributed by atoms with E-state index in [1.165, 1.54) is 0 Å². The molecule has 0 saturated carbocycles. The second kappa shape index (κ2) is 4.71. The fraction of sp³-hybridized carbons (Fsp3) is 0.455. The maximum Gasteiger partial charge on any atom is 0.0679 e. The van der Waals surface area contributed by atoms with Gasteiger partial charge in [0.2, 0.25) is 0 Å². The summed E-state index contributed by atoms with van der Waals surface area (Å²) in [7, 11) is 0. The third-order valence-corrected chi connectivity index (χ3v) is 3.53. The van der Waals surface area contributed by atoms with Crippen LogP contribution in [0.3, 0.4) is 0 Å². The maximum absolute atomic E-state index is 9.40. The summed E-state index contributed by atoms with van der Waals surface area (Å²) < 4.78 is 0. The van der Waals surface area contributed by atoms with Crippen molar-refractivity contribution in [3.8, 4) is 0 Å². The molecular formula is C11H13Cl2NO. The number of hydrogen-bond acceptors (Lipinski definition) is 2. The third kappa shape index (κ3) is 2.64. The van der Waals surface area contributed by atoms with Crippen molar-refractivity contribution in [2.75, 3.05) is 13.1 Å². The van der Waals surface area contributed by atoms with Crippen LogP contribution in [-0.4, -0.2) is 29.2 Å². The molecule has 2 nitrogen and oxygen atoms in total. The Morgan fingerprint density at radius 3 is 2.87 bits per heavy atom. The second-order valence-corrected chi connectivity index (χ2v) is 4.68. The first-order valence-electron chi connectivity index (χ1n) is 5.00. The van der Waals surface area contributed by atoms with Crippen LogP contribution in [0.2, 0.25) is 10.0 Å². The van der Waals surface area contributed by atoms with Gasteiger partial charge in [-0.3, -0.25) is 4.90 Å². The average molecular weight is 246 g/mol. The van der Waals surface area contributed by atoms with Crippen molar-refractivity contribution in [3.63, 3.8) is 0 Å². The van der Waals surface area contributed by atoms with E-state index < -0.39 is 0 Å². The van der Waals surface area contributed by atoms with Crippen LogP contribution in [0.25, 0.3) is 0 Å². The normalized spacial score (nSPS) is 22.2. The minimum absolute atomic E-state index is 0.192. The smallest absolute Gasteiger partial charge is 0.0679 e. The van der Waals surface area contributed by atoms with Gasteiger partial charge in [-0.15, -0.1) is 0 Å². The molecule has 0 amide bonds. The lowest BCUT2D eigenvalue weighted by Gasteiger charge is -2.16. The highest BCUT2D eigenvalue weighted by Gasteiger charge is 2.20. The van der Waals surface area contributed by atoms with Gasteiger partial charge in [0.1, 0.15) is 0 Å². The van der Waals surface area contributed by atoms with Crippen molar-refractivity contribution in [2.24, 2.45) is 0 Å². The predicted molar refractivity (Wildman–Crippen MR) is 62.4 cm³/mol. The molecule has 4 heteroatoms. The van der Waals surface area contributed by atoms with Gasteiger partial charge in [-0.05, 0) is 18.1 Å². The van der Waals surface area contributed by atoms with E-state index in [0.29, 0.717) is 10.0 Å². The zero-order chi connectivity index (χ0) is 10.8. The molecule has 1 saturated heterocycles. The van der Waals surface area contributed by atoms with Crippen LogP contribution in [0.1, 0.15) is 12.0 Å². The Morgan fingerprint density at radius 1 is 1.40 bits per heavy atom. The average Bonchev–Trinajstić information content (AvgIpc) is 2.59. The number of nitrogens with zero attached hydrogens (tertiary/aromatic N) is 1. The van der Waals surface area contributed by atoms with Crippen molar-refractivity contribution < 1.29 is 5.11 Å². The zero-order valence-corrected chi connectivity index (χ0v) is 9.80. The van der Waals surface area contributed by atoms with Gasteiger partial charge in [-0.25, -0.2) is 0 Å². The summed E-state index contributed by atoms with van der Waals surface area (Å²) in [5.41, 5.74) is 1.03. The van der Waals surface area contributed by atoms with Crippen LogP contribution in [0.15, 0.2) is 18.2 Å². The van der Waals surface area contributed by atoms with Gasteiger partial charge in [0.05, 0.1) is 16.1 Å². The lowest BCUT2D eigenvalue weighted by molar-refractivity contribution is 0.175. The quantitative estimate of drug-likeness (QED) is 0.866. The highest BCUT2D eigenvalue weighted by Crippen LogP contribution is 2.27. The monoisotopic (exact) mass is 245 g/mol. The van der Waals surface area contributed by atoms with Crippen molar-refractivity contribution in [1.82, 2.24) is 4.90 Å². The van der Waals surface area contributed by atoms with E-state index in [9.17, 15) is 5.11 Å². The fourth-order valence-corrected chi connectivity index (χ4v) is 2.25. The predicted octanol–water partition coefficient (Wildman–Crippen LogP) is 2.56. The molecule has 1 aromatic carbocycles. The first-order valence-corrected chi connectivity index (χ1v) is 5.75. The van der Waals surface area contributed by atoms with E-state index in [0.717, 1.165) is 31.6 Å². The Balaban J connectivity index is 2.07. The van der Waals surface area contributed by atoms with E-state index in [4.69, 9.17) is 23.2 Å². The van der Waals surface area contributed by atoms with Crippen molar-refractivity contribution >= 4 is 23.2 Å². The maximum atomic E-state index is 9.40. The van der Waals surface area contributed by atoms with E-state index >= 15 is 0 Å². The summed E-state index contributed by atoms with van der Waals surface area (Å²) in [5.74, 6) is 0. The minimum atomic E-state index is -0.192. The Bertz CT molecular complexity index is 356. The molecule has 1 aromatic rings. The van der Waals surface area contributed by atoms with Gasteiger partial charge in [0, 0.05) is 19.6 Å². The van der Waals surface area contributed by atoms with Gasteiger partial charge >= 0.3 is 0 Å². The van der Waals surface area contributed by atoms with Crippen LogP contribution in [0.5, 0.6) is 0 Å². The molecule has 1 N–H and O–H groups in total. The van der Waals surface area contributed by atoms with Crippen molar-refractivity contribution in [1.29, 1.82) is 0 Å². The highest BCUT2D eigenvalue weighted by molar-refractivity contribution is 6.42. The number of rotatable bonds is 2. The highest BCUT2D eigenvalue weighted by atomic mass is 35.5. The van der Waals surface area contributed by atoms with Gasteiger partial charge in [-0.1, -0.05) is 35.3 Å². The van der Waals surface area contributed by atoms with E-state index in [2.05, 4.69) is 4.90 Å². The summed E-state index contributed by atoms with van der Waals surface area (Å²) in [6.07, 6.45) is 0.654. The number of benzene rings is 1. The molecule has 1 aliphatic heterocycles. The number of aliphatic hydroxyl groups is 1. The summed E-state index contributed by atoms with van der Waals surface area (Å²) in [6, 6.07) is 5.65. The molecule has 0 aromatic heterocycles. The fourth-order valence-electron chi connectivity index (χ4n) is 1.87. The standard InChI is InChI=1S/C11H13Cl2NO/c12-10-3-1-2-8(11(10)13)6-14-5-4-9(15)7-14/h1-3,9,15H,4-7H2/t9-/m1/s1.